The van der Waals surface area contributed by atoms with Gasteiger partial charge in [0, 0.05) is 15.6 Å². The van der Waals surface area contributed by atoms with Crippen molar-refractivity contribution in [1.82, 2.24) is 0 Å². The van der Waals surface area contributed by atoms with Gasteiger partial charge in [-0.1, -0.05) is 53.0 Å². The predicted octanol–water partition coefficient (Wildman–Crippen LogP) is 5.27. The van der Waals surface area contributed by atoms with Crippen molar-refractivity contribution < 1.29 is 14.7 Å². The molecule has 0 radical (unpaired) electrons. The molecule has 1 amide bonds. The molecule has 4 rings (SSSR count). The van der Waals surface area contributed by atoms with Crippen LogP contribution in [0.3, 0.4) is 0 Å². The SMILES string of the molecule is Cc1ccc(C)c(C(C(N)=O)C2(c3c(Cl)cccc3Cl)Nc3ccc(C(=O)O)cc3N2)c1. The fourth-order valence-corrected chi connectivity index (χ4v) is 5.00. The lowest BCUT2D eigenvalue weighted by Gasteiger charge is -2.39. The molecule has 164 valence electrons. The van der Waals surface area contributed by atoms with Crippen LogP contribution in [-0.2, 0) is 10.5 Å². The van der Waals surface area contributed by atoms with Crippen molar-refractivity contribution in [3.05, 3.63) is 92.5 Å². The second kappa shape index (κ2) is 8.04. The van der Waals surface area contributed by atoms with Crippen molar-refractivity contribution in [3.63, 3.8) is 0 Å². The molecule has 1 heterocycles. The standard InChI is InChI=1S/C24H21Cl2N3O3/c1-12-6-7-13(2)15(10-12)20(22(27)30)24(21-16(25)4-3-5-17(21)26)28-18-9-8-14(23(31)32)11-19(18)29-24/h3-11,20,28-29H,1-2H3,(H2,27,30)(H,31,32). The van der Waals surface area contributed by atoms with Gasteiger partial charge in [0.05, 0.1) is 16.9 Å². The van der Waals surface area contributed by atoms with Crippen LogP contribution in [0.15, 0.2) is 54.6 Å². The number of carbonyl (C=O) groups excluding carboxylic acids is 1. The van der Waals surface area contributed by atoms with Gasteiger partial charge in [-0.05, 0) is 55.3 Å². The van der Waals surface area contributed by atoms with Crippen LogP contribution in [-0.4, -0.2) is 17.0 Å². The quantitative estimate of drug-likeness (QED) is 0.407. The van der Waals surface area contributed by atoms with E-state index in [2.05, 4.69) is 10.6 Å². The molecular formula is C24H21Cl2N3O3. The lowest BCUT2D eigenvalue weighted by molar-refractivity contribution is -0.120. The Bertz CT molecular complexity index is 1240. The van der Waals surface area contributed by atoms with Crippen molar-refractivity contribution in [3.8, 4) is 0 Å². The Morgan fingerprint density at radius 2 is 1.62 bits per heavy atom. The topological polar surface area (TPSA) is 104 Å². The van der Waals surface area contributed by atoms with Crippen LogP contribution in [0.5, 0.6) is 0 Å². The second-order valence-electron chi connectivity index (χ2n) is 7.92. The maximum atomic E-state index is 13.0. The Balaban J connectivity index is 2.02. The Morgan fingerprint density at radius 3 is 2.25 bits per heavy atom. The molecule has 5 N–H and O–H groups in total. The summed E-state index contributed by atoms with van der Waals surface area (Å²) in [6, 6.07) is 15.5. The second-order valence-corrected chi connectivity index (χ2v) is 8.73. The van der Waals surface area contributed by atoms with Gasteiger partial charge in [-0.25, -0.2) is 4.79 Å². The number of fused-ring (bicyclic) bond motifs is 1. The number of primary amides is 1. The van der Waals surface area contributed by atoms with Gasteiger partial charge in [0.25, 0.3) is 0 Å². The number of hydrogen-bond donors (Lipinski definition) is 4. The average Bonchev–Trinajstić information content (AvgIpc) is 3.08. The first-order chi connectivity index (χ1) is 15.1. The molecule has 0 saturated carbocycles. The largest absolute Gasteiger partial charge is 0.478 e. The number of carbonyl (C=O) groups is 2. The van der Waals surface area contributed by atoms with E-state index in [1.165, 1.54) is 12.1 Å². The number of rotatable bonds is 5. The molecule has 0 saturated heterocycles. The summed E-state index contributed by atoms with van der Waals surface area (Å²) in [6.07, 6.45) is 0. The van der Waals surface area contributed by atoms with Gasteiger partial charge in [0.15, 0.2) is 5.66 Å². The first-order valence-electron chi connectivity index (χ1n) is 9.88. The van der Waals surface area contributed by atoms with E-state index in [4.69, 9.17) is 28.9 Å². The predicted molar refractivity (Wildman–Crippen MR) is 127 cm³/mol. The summed E-state index contributed by atoms with van der Waals surface area (Å²) in [5, 5.41) is 16.8. The Kier molecular flexibility index (Phi) is 5.53. The molecule has 3 aromatic carbocycles. The maximum absolute atomic E-state index is 13.0. The third-order valence-electron chi connectivity index (χ3n) is 5.75. The third kappa shape index (κ3) is 3.55. The minimum atomic E-state index is -1.35. The van der Waals surface area contributed by atoms with E-state index in [-0.39, 0.29) is 5.56 Å². The van der Waals surface area contributed by atoms with Gasteiger partial charge >= 0.3 is 5.97 Å². The minimum Gasteiger partial charge on any atom is -0.478 e. The first-order valence-corrected chi connectivity index (χ1v) is 10.6. The summed E-state index contributed by atoms with van der Waals surface area (Å²) in [7, 11) is 0. The Morgan fingerprint density at radius 1 is 0.969 bits per heavy atom. The molecular weight excluding hydrogens is 449 g/mol. The molecule has 0 spiro atoms. The Hall–Kier alpha value is -3.22. The highest BCUT2D eigenvalue weighted by atomic mass is 35.5. The zero-order valence-corrected chi connectivity index (χ0v) is 18.9. The lowest BCUT2D eigenvalue weighted by Crippen LogP contribution is -2.50. The third-order valence-corrected chi connectivity index (χ3v) is 6.38. The van der Waals surface area contributed by atoms with Crippen LogP contribution in [0.1, 0.15) is 38.5 Å². The number of halogens is 2. The molecule has 1 aliphatic rings. The van der Waals surface area contributed by atoms with E-state index in [1.807, 2.05) is 32.0 Å². The number of carboxylic acid groups (broad SMARTS) is 1. The van der Waals surface area contributed by atoms with Crippen LogP contribution in [0.4, 0.5) is 11.4 Å². The van der Waals surface area contributed by atoms with E-state index >= 15 is 0 Å². The highest BCUT2D eigenvalue weighted by molar-refractivity contribution is 6.36. The van der Waals surface area contributed by atoms with E-state index in [1.54, 1.807) is 24.3 Å². The molecule has 32 heavy (non-hydrogen) atoms. The molecule has 0 aromatic heterocycles. The molecule has 8 heteroatoms. The smallest absolute Gasteiger partial charge is 0.335 e. The van der Waals surface area contributed by atoms with Gasteiger partial charge in [-0.3, -0.25) is 4.79 Å². The van der Waals surface area contributed by atoms with Gasteiger partial charge in [0.1, 0.15) is 5.92 Å². The van der Waals surface area contributed by atoms with Crippen LogP contribution < -0.4 is 16.4 Å². The molecule has 6 nitrogen and oxygen atoms in total. The molecule has 0 fully saturated rings. The van der Waals surface area contributed by atoms with Crippen LogP contribution in [0.2, 0.25) is 10.0 Å². The monoisotopic (exact) mass is 469 g/mol. The number of aromatic carboxylic acids is 1. The van der Waals surface area contributed by atoms with Crippen LogP contribution >= 0.6 is 23.2 Å². The summed E-state index contributed by atoms with van der Waals surface area (Å²) in [4.78, 5) is 24.6. The van der Waals surface area contributed by atoms with Crippen LogP contribution in [0.25, 0.3) is 0 Å². The molecule has 1 aliphatic heterocycles. The summed E-state index contributed by atoms with van der Waals surface area (Å²) in [5.74, 6) is -2.59. The van der Waals surface area contributed by atoms with Gasteiger partial charge in [-0.15, -0.1) is 0 Å². The number of benzene rings is 3. The number of hydrogen-bond acceptors (Lipinski definition) is 4. The number of amides is 1. The highest BCUT2D eigenvalue weighted by Crippen LogP contribution is 2.51. The van der Waals surface area contributed by atoms with Gasteiger partial charge in [-0.2, -0.15) is 0 Å². The van der Waals surface area contributed by atoms with Crippen molar-refractivity contribution in [1.29, 1.82) is 0 Å². The lowest BCUT2D eigenvalue weighted by atomic mass is 9.78. The minimum absolute atomic E-state index is 0.0986. The van der Waals surface area contributed by atoms with Crippen LogP contribution in [0, 0.1) is 13.8 Å². The van der Waals surface area contributed by atoms with Crippen molar-refractivity contribution in [2.24, 2.45) is 5.73 Å². The normalized spacial score (nSPS) is 17.8. The molecule has 2 unspecified atom stereocenters. The zero-order valence-electron chi connectivity index (χ0n) is 17.4. The number of nitrogens with two attached hydrogens (primary N) is 1. The fourth-order valence-electron chi connectivity index (χ4n) is 4.30. The zero-order chi connectivity index (χ0) is 23.2. The number of nitrogens with one attached hydrogen (secondary N) is 2. The fraction of sp³-hybridized carbons (Fsp3) is 0.167. The number of aryl methyl sites for hydroxylation is 2. The summed E-state index contributed by atoms with van der Waals surface area (Å²) < 4.78 is 0. The molecule has 2 atom stereocenters. The first kappa shape index (κ1) is 22.0. The highest BCUT2D eigenvalue weighted by Gasteiger charge is 2.51. The van der Waals surface area contributed by atoms with E-state index in [9.17, 15) is 14.7 Å². The van der Waals surface area contributed by atoms with Crippen molar-refractivity contribution in [2.45, 2.75) is 25.4 Å². The number of anilines is 2. The summed E-state index contributed by atoms with van der Waals surface area (Å²) >= 11 is 13.2. The van der Waals surface area contributed by atoms with Crippen molar-refractivity contribution >= 4 is 46.5 Å². The molecule has 0 bridgehead atoms. The molecule has 0 aliphatic carbocycles. The van der Waals surface area contributed by atoms with Crippen molar-refractivity contribution in [2.75, 3.05) is 10.6 Å². The Labute approximate surface area is 195 Å². The van der Waals surface area contributed by atoms with Gasteiger partial charge in [0.2, 0.25) is 5.91 Å². The van der Waals surface area contributed by atoms with E-state index in [0.29, 0.717) is 32.5 Å². The van der Waals surface area contributed by atoms with E-state index in [0.717, 1.165) is 11.1 Å². The number of carboxylic acids is 1. The van der Waals surface area contributed by atoms with Gasteiger partial charge < -0.3 is 21.5 Å². The average molecular weight is 470 g/mol. The molecule has 3 aromatic rings. The van der Waals surface area contributed by atoms with E-state index < -0.39 is 23.5 Å². The summed E-state index contributed by atoms with van der Waals surface area (Å²) in [5.41, 5.74) is 8.83. The maximum Gasteiger partial charge on any atom is 0.335 e. The summed E-state index contributed by atoms with van der Waals surface area (Å²) in [6.45, 7) is 3.83.